The van der Waals surface area contributed by atoms with Crippen molar-refractivity contribution >= 4 is 11.7 Å². The normalized spacial score (nSPS) is 10.1. The van der Waals surface area contributed by atoms with E-state index in [1.807, 2.05) is 12.1 Å². The molecular formula is C20H14FN3O. The minimum atomic E-state index is -0.839. The lowest BCUT2D eigenvalue weighted by Gasteiger charge is -2.10. The van der Waals surface area contributed by atoms with Crippen molar-refractivity contribution in [1.29, 1.82) is 5.26 Å². The topological polar surface area (TPSA) is 65.8 Å². The maximum Gasteiger partial charge on any atom is 0.259 e. The molecule has 0 aliphatic carbocycles. The minimum absolute atomic E-state index is 0.156. The number of pyridine rings is 1. The Kier molecular flexibility index (Phi) is 4.53. The van der Waals surface area contributed by atoms with Crippen LogP contribution >= 0.6 is 0 Å². The Bertz CT molecular complexity index is 978. The highest BCUT2D eigenvalue weighted by Gasteiger charge is 2.19. The number of benzene rings is 2. The molecule has 0 aliphatic heterocycles. The molecule has 0 atom stereocenters. The monoisotopic (exact) mass is 331 g/mol. The number of hydrogen-bond donors (Lipinski definition) is 1. The van der Waals surface area contributed by atoms with Crippen LogP contribution in [0.4, 0.5) is 10.2 Å². The smallest absolute Gasteiger partial charge is 0.259 e. The second kappa shape index (κ2) is 6.93. The summed E-state index contributed by atoms with van der Waals surface area (Å²) < 4.78 is 14.7. The van der Waals surface area contributed by atoms with E-state index in [9.17, 15) is 14.4 Å². The predicted octanol–water partition coefficient (Wildman–Crippen LogP) is 4.32. The van der Waals surface area contributed by atoms with Gasteiger partial charge in [0.15, 0.2) is 5.82 Å². The van der Waals surface area contributed by atoms with E-state index in [2.05, 4.69) is 10.3 Å². The molecule has 2 aromatic carbocycles. The van der Waals surface area contributed by atoms with Crippen LogP contribution in [0.3, 0.4) is 0 Å². The van der Waals surface area contributed by atoms with Gasteiger partial charge in [-0.05, 0) is 30.7 Å². The molecule has 25 heavy (non-hydrogen) atoms. The Morgan fingerprint density at radius 2 is 1.84 bits per heavy atom. The van der Waals surface area contributed by atoms with Crippen LogP contribution in [0.15, 0.2) is 60.7 Å². The van der Waals surface area contributed by atoms with Crippen molar-refractivity contribution < 1.29 is 9.18 Å². The number of amides is 1. The van der Waals surface area contributed by atoms with Gasteiger partial charge in [0.1, 0.15) is 11.9 Å². The van der Waals surface area contributed by atoms with Gasteiger partial charge in [0.25, 0.3) is 5.91 Å². The summed E-state index contributed by atoms with van der Waals surface area (Å²) in [5.41, 5.74) is 1.54. The van der Waals surface area contributed by atoms with Crippen molar-refractivity contribution in [3.8, 4) is 17.2 Å². The number of nitriles is 1. The molecule has 3 aromatic rings. The number of carbonyl (C=O) groups excluding carboxylic acids is 1. The first-order valence-corrected chi connectivity index (χ1v) is 7.63. The number of aryl methyl sites for hydroxylation is 1. The zero-order chi connectivity index (χ0) is 17.8. The van der Waals surface area contributed by atoms with E-state index in [0.29, 0.717) is 16.9 Å². The maximum absolute atomic E-state index is 14.7. The average Bonchev–Trinajstić information content (AvgIpc) is 2.62. The number of rotatable bonds is 3. The molecule has 0 spiro atoms. The van der Waals surface area contributed by atoms with Crippen molar-refractivity contribution in [2.45, 2.75) is 6.92 Å². The molecule has 0 saturated carbocycles. The fourth-order valence-electron chi connectivity index (χ4n) is 2.52. The maximum atomic E-state index is 14.7. The molecule has 122 valence electrons. The van der Waals surface area contributed by atoms with Crippen molar-refractivity contribution in [1.82, 2.24) is 4.98 Å². The van der Waals surface area contributed by atoms with Gasteiger partial charge in [0.05, 0.1) is 11.1 Å². The SMILES string of the molecule is Cc1cccc(NC(=O)c2ccc(-c3ccccc3)c(C#N)c2F)n1. The molecular weight excluding hydrogens is 317 g/mol. The lowest BCUT2D eigenvalue weighted by Crippen LogP contribution is -2.15. The van der Waals surface area contributed by atoms with Crippen LogP contribution in [0.25, 0.3) is 11.1 Å². The molecule has 0 aliphatic rings. The summed E-state index contributed by atoms with van der Waals surface area (Å²) in [6.45, 7) is 1.79. The highest BCUT2D eigenvalue weighted by Crippen LogP contribution is 2.27. The largest absolute Gasteiger partial charge is 0.306 e. The third-order valence-corrected chi connectivity index (χ3v) is 3.71. The zero-order valence-electron chi connectivity index (χ0n) is 13.5. The van der Waals surface area contributed by atoms with Gasteiger partial charge in [0.2, 0.25) is 0 Å². The molecule has 0 fully saturated rings. The summed E-state index contributed by atoms with van der Waals surface area (Å²) >= 11 is 0. The van der Waals surface area contributed by atoms with Gasteiger partial charge in [-0.15, -0.1) is 0 Å². The third kappa shape index (κ3) is 3.38. The summed E-state index contributed by atoms with van der Waals surface area (Å²) in [4.78, 5) is 16.5. The summed E-state index contributed by atoms with van der Waals surface area (Å²) in [5.74, 6) is -1.16. The quantitative estimate of drug-likeness (QED) is 0.777. The number of hydrogen-bond acceptors (Lipinski definition) is 3. The van der Waals surface area contributed by atoms with Gasteiger partial charge in [0, 0.05) is 11.3 Å². The van der Waals surface area contributed by atoms with Gasteiger partial charge in [-0.2, -0.15) is 5.26 Å². The lowest BCUT2D eigenvalue weighted by atomic mass is 9.97. The summed E-state index contributed by atoms with van der Waals surface area (Å²) in [5, 5.41) is 11.9. The van der Waals surface area contributed by atoms with Crippen LogP contribution in [0, 0.1) is 24.1 Å². The Hall–Kier alpha value is -3.52. The fourth-order valence-corrected chi connectivity index (χ4v) is 2.52. The molecule has 0 saturated heterocycles. The number of nitrogens with one attached hydrogen (secondary N) is 1. The van der Waals surface area contributed by atoms with Gasteiger partial charge < -0.3 is 5.32 Å². The highest BCUT2D eigenvalue weighted by molar-refractivity contribution is 6.04. The van der Waals surface area contributed by atoms with E-state index in [0.717, 1.165) is 5.69 Å². The van der Waals surface area contributed by atoms with Gasteiger partial charge in [-0.25, -0.2) is 9.37 Å². The van der Waals surface area contributed by atoms with Gasteiger partial charge >= 0.3 is 0 Å². The van der Waals surface area contributed by atoms with Crippen molar-refractivity contribution in [2.24, 2.45) is 0 Å². The minimum Gasteiger partial charge on any atom is -0.306 e. The molecule has 5 heteroatoms. The van der Waals surface area contributed by atoms with Crippen LogP contribution < -0.4 is 5.32 Å². The van der Waals surface area contributed by atoms with Crippen molar-refractivity contribution in [3.05, 3.63) is 83.3 Å². The van der Waals surface area contributed by atoms with E-state index >= 15 is 0 Å². The Morgan fingerprint density at radius 3 is 2.52 bits per heavy atom. The molecule has 0 unspecified atom stereocenters. The second-order valence-electron chi connectivity index (χ2n) is 5.45. The summed E-state index contributed by atoms with van der Waals surface area (Å²) in [6, 6.07) is 19.0. The molecule has 4 nitrogen and oxygen atoms in total. The lowest BCUT2D eigenvalue weighted by molar-refractivity contribution is 0.102. The molecule has 1 heterocycles. The Morgan fingerprint density at radius 1 is 1.08 bits per heavy atom. The van der Waals surface area contributed by atoms with Crippen LogP contribution in [0.5, 0.6) is 0 Å². The van der Waals surface area contributed by atoms with Crippen LogP contribution in [0.2, 0.25) is 0 Å². The highest BCUT2D eigenvalue weighted by atomic mass is 19.1. The van der Waals surface area contributed by atoms with Crippen molar-refractivity contribution in [3.63, 3.8) is 0 Å². The van der Waals surface area contributed by atoms with E-state index in [-0.39, 0.29) is 11.1 Å². The van der Waals surface area contributed by atoms with Crippen LogP contribution in [0.1, 0.15) is 21.6 Å². The first-order valence-electron chi connectivity index (χ1n) is 7.63. The summed E-state index contributed by atoms with van der Waals surface area (Å²) in [6.07, 6.45) is 0. The predicted molar refractivity (Wildman–Crippen MR) is 93.5 cm³/mol. The van der Waals surface area contributed by atoms with E-state index in [1.54, 1.807) is 55.5 Å². The second-order valence-corrected chi connectivity index (χ2v) is 5.45. The first-order chi connectivity index (χ1) is 12.1. The number of aromatic nitrogens is 1. The van der Waals surface area contributed by atoms with Gasteiger partial charge in [-0.3, -0.25) is 4.79 Å². The van der Waals surface area contributed by atoms with Crippen molar-refractivity contribution in [2.75, 3.05) is 5.32 Å². The first kappa shape index (κ1) is 16.3. The number of halogens is 1. The van der Waals surface area contributed by atoms with Crippen LogP contribution in [-0.2, 0) is 0 Å². The number of nitrogens with zero attached hydrogens (tertiary/aromatic N) is 2. The number of carbonyl (C=O) groups is 1. The zero-order valence-corrected chi connectivity index (χ0v) is 13.5. The molecule has 0 radical (unpaired) electrons. The molecule has 1 N–H and O–H groups in total. The van der Waals surface area contributed by atoms with Gasteiger partial charge in [-0.1, -0.05) is 42.5 Å². The average molecular weight is 331 g/mol. The Balaban J connectivity index is 1.98. The standard InChI is InChI=1S/C20H14FN3O/c1-13-6-5-9-18(23-13)24-20(25)16-11-10-15(17(12-22)19(16)21)14-7-3-2-4-8-14/h2-11H,1H3,(H,23,24,25). The number of anilines is 1. The molecule has 0 bridgehead atoms. The van der Waals surface area contributed by atoms with E-state index < -0.39 is 11.7 Å². The molecule has 1 aromatic heterocycles. The Labute approximate surface area is 144 Å². The molecule has 3 rings (SSSR count). The van der Waals surface area contributed by atoms with Crippen LogP contribution in [-0.4, -0.2) is 10.9 Å². The molecule has 1 amide bonds. The third-order valence-electron chi connectivity index (χ3n) is 3.71. The fraction of sp³-hybridized carbons (Fsp3) is 0.0500. The van der Waals surface area contributed by atoms with E-state index in [4.69, 9.17) is 0 Å². The van der Waals surface area contributed by atoms with E-state index in [1.165, 1.54) is 6.07 Å². The summed E-state index contributed by atoms with van der Waals surface area (Å²) in [7, 11) is 0.